The molecule has 0 fully saturated rings. The van der Waals surface area contributed by atoms with Crippen molar-refractivity contribution in [2.45, 2.75) is 0 Å². The fourth-order valence-electron chi connectivity index (χ4n) is 1.93. The number of hydrogen-bond acceptors (Lipinski definition) is 3. The van der Waals surface area contributed by atoms with Crippen LogP contribution in [0.1, 0.15) is 11.1 Å². The normalized spacial score (nSPS) is 9.79. The van der Waals surface area contributed by atoms with Gasteiger partial charge in [0, 0.05) is 37.7 Å². The molecule has 0 N–H and O–H groups in total. The molecular formula is C20H13F4I2N3. The lowest BCUT2D eigenvalue weighted by Crippen LogP contribution is -2.07. The van der Waals surface area contributed by atoms with Gasteiger partial charge >= 0.3 is 0 Å². The third-order valence-electron chi connectivity index (χ3n) is 3.45. The summed E-state index contributed by atoms with van der Waals surface area (Å²) in [6, 6.07) is 8.11. The summed E-state index contributed by atoms with van der Waals surface area (Å²) in [5, 5.41) is 0. The lowest BCUT2D eigenvalue weighted by molar-refractivity contribution is 0.402. The van der Waals surface area contributed by atoms with Gasteiger partial charge in [0.1, 0.15) is 6.33 Å². The van der Waals surface area contributed by atoms with Crippen molar-refractivity contribution in [3.05, 3.63) is 84.5 Å². The maximum absolute atomic E-state index is 12.6. The van der Waals surface area contributed by atoms with Gasteiger partial charge < -0.3 is 4.90 Å². The highest BCUT2D eigenvalue weighted by Crippen LogP contribution is 2.26. The van der Waals surface area contributed by atoms with Crippen LogP contribution in [0, 0.1) is 42.3 Å². The summed E-state index contributed by atoms with van der Waals surface area (Å²) in [6.45, 7) is 0. The molecule has 0 spiro atoms. The molecule has 150 valence electrons. The summed E-state index contributed by atoms with van der Waals surface area (Å²) in [5.41, 5.74) is 2.97. The van der Waals surface area contributed by atoms with Crippen molar-refractivity contribution in [1.29, 1.82) is 0 Å². The highest BCUT2D eigenvalue weighted by Gasteiger charge is 2.22. The Balaban J connectivity index is 0.000000221. The molecule has 3 nitrogen and oxygen atoms in total. The summed E-state index contributed by atoms with van der Waals surface area (Å²) in [7, 11) is 4.03. The second-order valence-electron chi connectivity index (χ2n) is 5.70. The quantitative estimate of drug-likeness (QED) is 0.120. The molecule has 1 heterocycles. The lowest BCUT2D eigenvalue weighted by Gasteiger charge is -2.11. The summed E-state index contributed by atoms with van der Waals surface area (Å²) in [6.07, 6.45) is 4.90. The minimum absolute atomic E-state index is 0.246. The van der Waals surface area contributed by atoms with Gasteiger partial charge in [-0.15, -0.1) is 0 Å². The fraction of sp³-hybridized carbons (Fsp3) is 0.100. The minimum Gasteiger partial charge on any atom is -0.378 e. The molecule has 0 atom stereocenters. The highest BCUT2D eigenvalue weighted by molar-refractivity contribution is 14.1. The number of nitrogens with zero attached hydrogens (tertiary/aromatic N) is 3. The van der Waals surface area contributed by atoms with E-state index in [2.05, 4.69) is 26.7 Å². The molecule has 0 saturated carbocycles. The van der Waals surface area contributed by atoms with Crippen LogP contribution in [0.4, 0.5) is 23.2 Å². The van der Waals surface area contributed by atoms with Crippen LogP contribution in [0.3, 0.4) is 0 Å². The Kier molecular flexibility index (Phi) is 8.63. The van der Waals surface area contributed by atoms with E-state index in [1.54, 1.807) is 12.4 Å². The summed E-state index contributed by atoms with van der Waals surface area (Å²) in [4.78, 5) is 9.89. The number of hydrogen-bond donors (Lipinski definition) is 0. The second-order valence-corrected chi connectivity index (χ2v) is 7.86. The molecule has 29 heavy (non-hydrogen) atoms. The van der Waals surface area contributed by atoms with Crippen LogP contribution in [0.15, 0.2) is 43.0 Å². The van der Waals surface area contributed by atoms with Crippen molar-refractivity contribution < 1.29 is 17.6 Å². The molecule has 0 aliphatic carbocycles. The first-order valence-electron chi connectivity index (χ1n) is 7.93. The van der Waals surface area contributed by atoms with Gasteiger partial charge in [0.15, 0.2) is 23.3 Å². The molecular weight excluding hydrogens is 612 g/mol. The highest BCUT2D eigenvalue weighted by atomic mass is 127. The van der Waals surface area contributed by atoms with Gasteiger partial charge in [0.2, 0.25) is 0 Å². The standard InChI is InChI=1S/C14H13N3.C6F4I2/c1-17(2)14-7-5-12(6-8-14)3-4-13-9-15-11-16-10-13;7-1-2(8)4(10)6(12)5(11)3(1)9/h5-11H,1-2H3;. The van der Waals surface area contributed by atoms with Gasteiger partial charge in [-0.05, 0) is 69.4 Å². The number of aromatic nitrogens is 2. The molecule has 0 saturated heterocycles. The van der Waals surface area contributed by atoms with Crippen molar-refractivity contribution in [2.24, 2.45) is 0 Å². The van der Waals surface area contributed by atoms with E-state index in [1.165, 1.54) is 57.2 Å². The van der Waals surface area contributed by atoms with E-state index in [4.69, 9.17) is 0 Å². The summed E-state index contributed by atoms with van der Waals surface area (Å²) < 4.78 is 49.7. The van der Waals surface area contributed by atoms with Crippen molar-refractivity contribution in [2.75, 3.05) is 19.0 Å². The molecule has 0 aliphatic heterocycles. The smallest absolute Gasteiger partial charge is 0.198 e. The average Bonchev–Trinajstić information content (AvgIpc) is 2.75. The molecule has 0 radical (unpaired) electrons. The molecule has 0 unspecified atom stereocenters. The van der Waals surface area contributed by atoms with Crippen molar-refractivity contribution in [1.82, 2.24) is 9.97 Å². The maximum atomic E-state index is 12.6. The van der Waals surface area contributed by atoms with Crippen molar-refractivity contribution in [3.8, 4) is 11.8 Å². The predicted molar refractivity (Wildman–Crippen MR) is 120 cm³/mol. The molecule has 3 rings (SSSR count). The molecule has 0 amide bonds. The van der Waals surface area contributed by atoms with Gasteiger partial charge in [-0.3, -0.25) is 0 Å². The monoisotopic (exact) mass is 625 g/mol. The summed E-state index contributed by atoms with van der Waals surface area (Å²) in [5.74, 6) is -0.130. The first kappa shape index (κ1) is 23.3. The van der Waals surface area contributed by atoms with Crippen LogP contribution in [0.5, 0.6) is 0 Å². The van der Waals surface area contributed by atoms with Crippen molar-refractivity contribution in [3.63, 3.8) is 0 Å². The van der Waals surface area contributed by atoms with Gasteiger partial charge in [0.05, 0.1) is 12.7 Å². The van der Waals surface area contributed by atoms with E-state index < -0.39 is 23.3 Å². The molecule has 2 aromatic carbocycles. The third-order valence-corrected chi connectivity index (χ3v) is 6.51. The number of anilines is 1. The minimum atomic E-state index is -1.77. The average molecular weight is 625 g/mol. The Labute approximate surface area is 192 Å². The van der Waals surface area contributed by atoms with E-state index in [9.17, 15) is 17.6 Å². The Morgan fingerprint density at radius 2 is 1.17 bits per heavy atom. The van der Waals surface area contributed by atoms with Gasteiger partial charge in [-0.2, -0.15) is 0 Å². The summed E-state index contributed by atoms with van der Waals surface area (Å²) >= 11 is 2.82. The van der Waals surface area contributed by atoms with E-state index in [0.717, 1.165) is 11.1 Å². The Bertz CT molecular complexity index is 942. The first-order chi connectivity index (χ1) is 13.7. The Morgan fingerprint density at radius 1 is 0.724 bits per heavy atom. The zero-order chi connectivity index (χ0) is 21.6. The van der Waals surface area contributed by atoms with Gasteiger partial charge in [0.25, 0.3) is 0 Å². The van der Waals surface area contributed by atoms with E-state index in [1.807, 2.05) is 38.4 Å². The molecule has 3 aromatic rings. The lowest BCUT2D eigenvalue weighted by atomic mass is 10.2. The SMILES string of the molecule is CN(C)c1ccc(C#Cc2cncnc2)cc1.Fc1c(F)c(F)c(I)c(I)c1F. The van der Waals surface area contributed by atoms with Gasteiger partial charge in [-0.1, -0.05) is 11.8 Å². The molecule has 9 heteroatoms. The van der Waals surface area contributed by atoms with Crippen LogP contribution in [0.25, 0.3) is 0 Å². The fourth-order valence-corrected chi connectivity index (χ4v) is 2.88. The number of rotatable bonds is 1. The molecule has 0 bridgehead atoms. The Morgan fingerprint density at radius 3 is 1.62 bits per heavy atom. The number of halogens is 6. The Hall–Kier alpha value is -1.94. The largest absolute Gasteiger partial charge is 0.378 e. The first-order valence-corrected chi connectivity index (χ1v) is 10.1. The van der Waals surface area contributed by atoms with Crippen LogP contribution in [0.2, 0.25) is 0 Å². The van der Waals surface area contributed by atoms with Crippen LogP contribution in [-0.4, -0.2) is 24.1 Å². The maximum Gasteiger partial charge on any atom is 0.198 e. The van der Waals surface area contributed by atoms with Crippen LogP contribution >= 0.6 is 45.2 Å². The zero-order valence-corrected chi connectivity index (χ0v) is 19.5. The van der Waals surface area contributed by atoms with E-state index in [0.29, 0.717) is 0 Å². The van der Waals surface area contributed by atoms with Crippen LogP contribution < -0.4 is 4.90 Å². The van der Waals surface area contributed by atoms with Gasteiger partial charge in [-0.25, -0.2) is 27.5 Å². The molecule has 1 aromatic heterocycles. The zero-order valence-electron chi connectivity index (χ0n) is 15.2. The van der Waals surface area contributed by atoms with E-state index in [-0.39, 0.29) is 7.14 Å². The topological polar surface area (TPSA) is 29.0 Å². The van der Waals surface area contributed by atoms with Crippen LogP contribution in [-0.2, 0) is 0 Å². The van der Waals surface area contributed by atoms with Crippen molar-refractivity contribution >= 4 is 50.9 Å². The van der Waals surface area contributed by atoms with E-state index >= 15 is 0 Å². The predicted octanol–water partition coefficient (Wildman–Crippen LogP) is 5.39. The number of benzene rings is 2. The molecule has 0 aliphatic rings. The third kappa shape index (κ3) is 6.27. The second kappa shape index (κ2) is 10.7.